The molecule has 98 valence electrons. The number of hydrogen-bond donors (Lipinski definition) is 1. The molecule has 0 bridgehead atoms. The first-order valence-corrected chi connectivity index (χ1v) is 7.27. The second kappa shape index (κ2) is 5.58. The molecule has 2 aromatic rings. The third-order valence-corrected chi connectivity index (χ3v) is 3.85. The van der Waals surface area contributed by atoms with E-state index in [0.717, 1.165) is 19.0 Å². The van der Waals surface area contributed by atoms with Crippen LogP contribution in [0.15, 0.2) is 48.5 Å². The largest absolute Gasteiger partial charge is 0.310 e. The van der Waals surface area contributed by atoms with E-state index in [1.165, 1.54) is 35.1 Å². The van der Waals surface area contributed by atoms with Gasteiger partial charge in [-0.15, -0.1) is 0 Å². The van der Waals surface area contributed by atoms with E-state index in [2.05, 4.69) is 60.8 Å². The van der Waals surface area contributed by atoms with E-state index < -0.39 is 0 Å². The van der Waals surface area contributed by atoms with Crippen LogP contribution in [0.25, 0.3) is 11.1 Å². The Labute approximate surface area is 115 Å². The second-order valence-corrected chi connectivity index (χ2v) is 5.36. The zero-order valence-corrected chi connectivity index (χ0v) is 11.5. The lowest BCUT2D eigenvalue weighted by molar-refractivity contribution is 0.689. The van der Waals surface area contributed by atoms with Gasteiger partial charge in [0.15, 0.2) is 0 Å². The summed E-state index contributed by atoms with van der Waals surface area (Å²) in [5.41, 5.74) is 5.49. The fourth-order valence-electron chi connectivity index (χ4n) is 2.42. The fourth-order valence-corrected chi connectivity index (χ4v) is 2.42. The van der Waals surface area contributed by atoms with Gasteiger partial charge >= 0.3 is 0 Å². The molecular formula is C18H21N. The summed E-state index contributed by atoms with van der Waals surface area (Å²) >= 11 is 0. The van der Waals surface area contributed by atoms with Crippen molar-refractivity contribution in [3.63, 3.8) is 0 Å². The molecule has 0 amide bonds. The van der Waals surface area contributed by atoms with E-state index in [9.17, 15) is 0 Å². The molecule has 2 aromatic carbocycles. The molecular weight excluding hydrogens is 230 g/mol. The average Bonchev–Trinajstić information content (AvgIpc) is 3.30. The van der Waals surface area contributed by atoms with Crippen LogP contribution in [0.2, 0.25) is 0 Å². The molecule has 1 saturated carbocycles. The molecule has 0 radical (unpaired) electrons. The van der Waals surface area contributed by atoms with Gasteiger partial charge in [-0.2, -0.15) is 0 Å². The Balaban J connectivity index is 1.84. The van der Waals surface area contributed by atoms with Crippen molar-refractivity contribution in [1.82, 2.24) is 5.32 Å². The topological polar surface area (TPSA) is 12.0 Å². The minimum absolute atomic E-state index is 0.760. The van der Waals surface area contributed by atoms with Gasteiger partial charge in [0.2, 0.25) is 0 Å². The lowest BCUT2D eigenvalue weighted by Gasteiger charge is -2.11. The first-order chi connectivity index (χ1) is 9.36. The van der Waals surface area contributed by atoms with E-state index in [1.807, 2.05) is 0 Å². The van der Waals surface area contributed by atoms with Crippen LogP contribution in [0, 0.1) is 0 Å². The van der Waals surface area contributed by atoms with Crippen LogP contribution >= 0.6 is 0 Å². The zero-order valence-electron chi connectivity index (χ0n) is 11.5. The predicted octanol–water partition coefficient (Wildman–Crippen LogP) is 4.17. The quantitative estimate of drug-likeness (QED) is 0.841. The van der Waals surface area contributed by atoms with E-state index in [1.54, 1.807) is 0 Å². The lowest BCUT2D eigenvalue weighted by atomic mass is 9.98. The minimum atomic E-state index is 0.760. The van der Waals surface area contributed by atoms with Gasteiger partial charge in [-0.1, -0.05) is 55.5 Å². The highest BCUT2D eigenvalue weighted by atomic mass is 14.9. The molecule has 0 atom stereocenters. The number of rotatable bonds is 5. The maximum Gasteiger partial charge on any atom is 0.0214 e. The SMILES string of the molecule is CCc1ccc(-c2ccccc2CNC2CC2)cc1. The van der Waals surface area contributed by atoms with E-state index in [4.69, 9.17) is 0 Å². The van der Waals surface area contributed by atoms with Gasteiger partial charge in [-0.05, 0) is 41.5 Å². The van der Waals surface area contributed by atoms with Crippen molar-refractivity contribution in [3.8, 4) is 11.1 Å². The molecule has 19 heavy (non-hydrogen) atoms. The number of aryl methyl sites for hydroxylation is 1. The Morgan fingerprint density at radius 1 is 1.00 bits per heavy atom. The van der Waals surface area contributed by atoms with Crippen LogP contribution in [0.1, 0.15) is 30.9 Å². The summed E-state index contributed by atoms with van der Waals surface area (Å²) in [5, 5.41) is 3.61. The van der Waals surface area contributed by atoms with Gasteiger partial charge < -0.3 is 5.32 Å². The van der Waals surface area contributed by atoms with Crippen LogP contribution in [-0.2, 0) is 13.0 Å². The zero-order chi connectivity index (χ0) is 13.1. The molecule has 3 rings (SSSR count). The summed E-state index contributed by atoms with van der Waals surface area (Å²) in [7, 11) is 0. The highest BCUT2D eigenvalue weighted by Gasteiger charge is 2.20. The molecule has 0 spiro atoms. The third kappa shape index (κ3) is 3.05. The van der Waals surface area contributed by atoms with Gasteiger partial charge in [-0.25, -0.2) is 0 Å². The monoisotopic (exact) mass is 251 g/mol. The summed E-state index contributed by atoms with van der Waals surface area (Å²) in [5.74, 6) is 0. The Hall–Kier alpha value is -1.60. The maximum atomic E-state index is 3.61. The highest BCUT2D eigenvalue weighted by Crippen LogP contribution is 2.26. The van der Waals surface area contributed by atoms with Crippen LogP contribution in [-0.4, -0.2) is 6.04 Å². The Morgan fingerprint density at radius 2 is 1.74 bits per heavy atom. The van der Waals surface area contributed by atoms with Crippen LogP contribution in [0.3, 0.4) is 0 Å². The summed E-state index contributed by atoms with van der Waals surface area (Å²) < 4.78 is 0. The van der Waals surface area contributed by atoms with E-state index >= 15 is 0 Å². The van der Waals surface area contributed by atoms with Crippen molar-refractivity contribution in [2.24, 2.45) is 0 Å². The average molecular weight is 251 g/mol. The van der Waals surface area contributed by atoms with Gasteiger partial charge in [0.1, 0.15) is 0 Å². The normalized spacial score (nSPS) is 14.6. The summed E-state index contributed by atoms with van der Waals surface area (Å²) in [6.45, 7) is 3.18. The van der Waals surface area contributed by atoms with E-state index in [-0.39, 0.29) is 0 Å². The number of nitrogens with one attached hydrogen (secondary N) is 1. The molecule has 1 aliphatic rings. The number of benzene rings is 2. The second-order valence-electron chi connectivity index (χ2n) is 5.36. The van der Waals surface area contributed by atoms with Crippen molar-refractivity contribution < 1.29 is 0 Å². The molecule has 0 aliphatic heterocycles. The molecule has 0 heterocycles. The predicted molar refractivity (Wildman–Crippen MR) is 81.1 cm³/mol. The molecule has 1 N–H and O–H groups in total. The molecule has 0 aromatic heterocycles. The van der Waals surface area contributed by atoms with Crippen LogP contribution < -0.4 is 5.32 Å². The van der Waals surface area contributed by atoms with Gasteiger partial charge in [-0.3, -0.25) is 0 Å². The van der Waals surface area contributed by atoms with Crippen LogP contribution in [0.5, 0.6) is 0 Å². The minimum Gasteiger partial charge on any atom is -0.310 e. The van der Waals surface area contributed by atoms with Crippen LogP contribution in [0.4, 0.5) is 0 Å². The van der Waals surface area contributed by atoms with E-state index in [0.29, 0.717) is 0 Å². The van der Waals surface area contributed by atoms with Gasteiger partial charge in [0.25, 0.3) is 0 Å². The lowest BCUT2D eigenvalue weighted by Crippen LogP contribution is -2.15. The molecule has 1 nitrogen and oxygen atoms in total. The standard InChI is InChI=1S/C18H21N/c1-2-14-7-9-15(10-8-14)18-6-4-3-5-16(18)13-19-17-11-12-17/h3-10,17,19H,2,11-13H2,1H3. The van der Waals surface area contributed by atoms with Crippen molar-refractivity contribution >= 4 is 0 Å². The van der Waals surface area contributed by atoms with Gasteiger partial charge in [0, 0.05) is 12.6 Å². The third-order valence-electron chi connectivity index (χ3n) is 3.85. The Bertz CT molecular complexity index is 538. The smallest absolute Gasteiger partial charge is 0.0214 e. The summed E-state index contributed by atoms with van der Waals surface area (Å²) in [6.07, 6.45) is 3.78. The molecule has 0 saturated heterocycles. The molecule has 1 fully saturated rings. The number of hydrogen-bond acceptors (Lipinski definition) is 1. The van der Waals surface area contributed by atoms with Gasteiger partial charge in [0.05, 0.1) is 0 Å². The molecule has 1 heteroatoms. The fraction of sp³-hybridized carbons (Fsp3) is 0.333. The van der Waals surface area contributed by atoms with Crippen molar-refractivity contribution in [2.45, 2.75) is 38.8 Å². The first kappa shape index (κ1) is 12.4. The molecule has 0 unspecified atom stereocenters. The Morgan fingerprint density at radius 3 is 2.42 bits per heavy atom. The first-order valence-electron chi connectivity index (χ1n) is 7.27. The maximum absolute atomic E-state index is 3.61. The Kier molecular flexibility index (Phi) is 3.65. The molecule has 1 aliphatic carbocycles. The summed E-state index contributed by atoms with van der Waals surface area (Å²) in [4.78, 5) is 0. The van der Waals surface area contributed by atoms with Crippen molar-refractivity contribution in [3.05, 3.63) is 59.7 Å². The van der Waals surface area contributed by atoms with Crippen molar-refractivity contribution in [1.29, 1.82) is 0 Å². The summed E-state index contributed by atoms with van der Waals surface area (Å²) in [6, 6.07) is 18.4. The highest BCUT2D eigenvalue weighted by molar-refractivity contribution is 5.67. The van der Waals surface area contributed by atoms with Crippen molar-refractivity contribution in [2.75, 3.05) is 0 Å².